The summed E-state index contributed by atoms with van der Waals surface area (Å²) < 4.78 is 0. The SMILES string of the molecule is CN(C)C(=O)c1cc(NC2CCCCC2CN)ccn1. The van der Waals surface area contributed by atoms with Crippen LogP contribution in [0.3, 0.4) is 0 Å². The Morgan fingerprint density at radius 3 is 2.90 bits per heavy atom. The van der Waals surface area contributed by atoms with E-state index in [0.29, 0.717) is 24.2 Å². The largest absolute Gasteiger partial charge is 0.382 e. The van der Waals surface area contributed by atoms with Gasteiger partial charge in [0.05, 0.1) is 0 Å². The molecular formula is C15H24N4O. The topological polar surface area (TPSA) is 71.2 Å². The van der Waals surface area contributed by atoms with E-state index < -0.39 is 0 Å². The molecule has 1 aliphatic rings. The van der Waals surface area contributed by atoms with Crippen LogP contribution in [0, 0.1) is 5.92 Å². The lowest BCUT2D eigenvalue weighted by Crippen LogP contribution is -2.36. The van der Waals surface area contributed by atoms with Crippen molar-refractivity contribution in [3.63, 3.8) is 0 Å². The van der Waals surface area contributed by atoms with E-state index >= 15 is 0 Å². The molecule has 1 fully saturated rings. The van der Waals surface area contributed by atoms with Crippen molar-refractivity contribution in [2.75, 3.05) is 26.0 Å². The Balaban J connectivity index is 2.09. The van der Waals surface area contributed by atoms with E-state index in [1.165, 1.54) is 24.2 Å². The molecule has 20 heavy (non-hydrogen) atoms. The molecule has 0 radical (unpaired) electrons. The standard InChI is InChI=1S/C15H24N4O/c1-19(2)15(20)14-9-12(7-8-17-14)18-13-6-4-3-5-11(13)10-16/h7-9,11,13H,3-6,10,16H2,1-2H3,(H,17,18). The van der Waals surface area contributed by atoms with E-state index in [1.807, 2.05) is 12.1 Å². The van der Waals surface area contributed by atoms with Crippen molar-refractivity contribution in [2.24, 2.45) is 11.7 Å². The minimum absolute atomic E-state index is 0.0762. The Kier molecular flexibility index (Phi) is 4.95. The molecule has 2 atom stereocenters. The molecule has 0 aliphatic heterocycles. The Morgan fingerprint density at radius 2 is 2.20 bits per heavy atom. The van der Waals surface area contributed by atoms with Crippen molar-refractivity contribution in [3.05, 3.63) is 24.0 Å². The van der Waals surface area contributed by atoms with Gasteiger partial charge in [-0.25, -0.2) is 0 Å². The molecule has 0 bridgehead atoms. The molecule has 1 aromatic rings. The van der Waals surface area contributed by atoms with Crippen molar-refractivity contribution in [1.29, 1.82) is 0 Å². The highest BCUT2D eigenvalue weighted by Crippen LogP contribution is 2.26. The number of hydrogen-bond donors (Lipinski definition) is 2. The van der Waals surface area contributed by atoms with Crippen molar-refractivity contribution in [1.82, 2.24) is 9.88 Å². The van der Waals surface area contributed by atoms with E-state index in [9.17, 15) is 4.79 Å². The van der Waals surface area contributed by atoms with E-state index in [2.05, 4.69) is 10.3 Å². The summed E-state index contributed by atoms with van der Waals surface area (Å²) in [6.07, 6.45) is 6.51. The monoisotopic (exact) mass is 276 g/mol. The molecule has 3 N–H and O–H groups in total. The fourth-order valence-corrected chi connectivity index (χ4v) is 2.76. The van der Waals surface area contributed by atoms with Gasteiger partial charge in [0.2, 0.25) is 0 Å². The summed E-state index contributed by atoms with van der Waals surface area (Å²) in [7, 11) is 3.46. The van der Waals surface area contributed by atoms with Gasteiger partial charge in [-0.15, -0.1) is 0 Å². The Labute approximate surface area is 120 Å². The third-order valence-corrected chi connectivity index (χ3v) is 3.95. The third-order valence-electron chi connectivity index (χ3n) is 3.95. The van der Waals surface area contributed by atoms with Crippen LogP contribution >= 0.6 is 0 Å². The maximum Gasteiger partial charge on any atom is 0.272 e. The second kappa shape index (κ2) is 6.70. The second-order valence-corrected chi connectivity index (χ2v) is 5.66. The van der Waals surface area contributed by atoms with Crippen LogP contribution in [0.5, 0.6) is 0 Å². The van der Waals surface area contributed by atoms with Gasteiger partial charge in [-0.05, 0) is 37.4 Å². The van der Waals surface area contributed by atoms with Gasteiger partial charge in [0.15, 0.2) is 0 Å². The van der Waals surface area contributed by atoms with Crippen LogP contribution in [0.15, 0.2) is 18.3 Å². The minimum Gasteiger partial charge on any atom is -0.382 e. The molecule has 0 saturated heterocycles. The first-order valence-electron chi connectivity index (χ1n) is 7.26. The van der Waals surface area contributed by atoms with Gasteiger partial charge in [0, 0.05) is 32.0 Å². The molecule has 1 amide bonds. The average molecular weight is 276 g/mol. The van der Waals surface area contributed by atoms with E-state index in [4.69, 9.17) is 5.73 Å². The normalized spacial score (nSPS) is 22.4. The molecule has 0 spiro atoms. The molecular weight excluding hydrogens is 252 g/mol. The van der Waals surface area contributed by atoms with Crippen molar-refractivity contribution >= 4 is 11.6 Å². The van der Waals surface area contributed by atoms with Crippen molar-refractivity contribution < 1.29 is 4.79 Å². The number of anilines is 1. The van der Waals surface area contributed by atoms with Crippen molar-refractivity contribution in [2.45, 2.75) is 31.7 Å². The zero-order valence-corrected chi connectivity index (χ0v) is 12.3. The molecule has 5 heteroatoms. The van der Waals surface area contributed by atoms with E-state index in [0.717, 1.165) is 12.1 Å². The van der Waals surface area contributed by atoms with Crippen LogP contribution in [-0.4, -0.2) is 42.5 Å². The number of carbonyl (C=O) groups excluding carboxylic acids is 1. The number of aromatic nitrogens is 1. The zero-order chi connectivity index (χ0) is 14.5. The zero-order valence-electron chi connectivity index (χ0n) is 12.3. The Morgan fingerprint density at radius 1 is 1.45 bits per heavy atom. The number of rotatable bonds is 4. The predicted octanol–water partition coefficient (Wildman–Crippen LogP) is 1.71. The lowest BCUT2D eigenvalue weighted by atomic mass is 9.84. The van der Waals surface area contributed by atoms with Crippen LogP contribution in [0.25, 0.3) is 0 Å². The van der Waals surface area contributed by atoms with Crippen LogP contribution in [0.1, 0.15) is 36.2 Å². The summed E-state index contributed by atoms with van der Waals surface area (Å²) in [6.45, 7) is 0.715. The molecule has 1 aromatic heterocycles. The summed E-state index contributed by atoms with van der Waals surface area (Å²) in [5.74, 6) is 0.442. The lowest BCUT2D eigenvalue weighted by Gasteiger charge is -2.32. The number of pyridine rings is 1. The number of nitrogens with zero attached hydrogens (tertiary/aromatic N) is 2. The van der Waals surface area contributed by atoms with Crippen LogP contribution in [0.4, 0.5) is 5.69 Å². The number of amides is 1. The van der Waals surface area contributed by atoms with E-state index in [-0.39, 0.29) is 5.91 Å². The highest BCUT2D eigenvalue weighted by molar-refractivity contribution is 5.92. The van der Waals surface area contributed by atoms with Gasteiger partial charge in [-0.3, -0.25) is 9.78 Å². The van der Waals surface area contributed by atoms with Gasteiger partial charge in [-0.2, -0.15) is 0 Å². The second-order valence-electron chi connectivity index (χ2n) is 5.66. The Bertz CT molecular complexity index is 461. The summed E-state index contributed by atoms with van der Waals surface area (Å²) >= 11 is 0. The maximum absolute atomic E-state index is 11.9. The first-order chi connectivity index (χ1) is 9.61. The molecule has 5 nitrogen and oxygen atoms in total. The number of nitrogens with two attached hydrogens (primary N) is 1. The molecule has 0 aromatic carbocycles. The van der Waals surface area contributed by atoms with Gasteiger partial charge < -0.3 is 16.0 Å². The summed E-state index contributed by atoms with van der Waals surface area (Å²) in [5.41, 5.74) is 7.28. The first-order valence-corrected chi connectivity index (χ1v) is 7.26. The number of nitrogens with one attached hydrogen (secondary N) is 1. The molecule has 110 valence electrons. The quantitative estimate of drug-likeness (QED) is 0.878. The number of hydrogen-bond acceptors (Lipinski definition) is 4. The third kappa shape index (κ3) is 3.48. The van der Waals surface area contributed by atoms with Crippen LogP contribution in [0.2, 0.25) is 0 Å². The number of carbonyl (C=O) groups is 1. The predicted molar refractivity (Wildman–Crippen MR) is 80.7 cm³/mol. The van der Waals surface area contributed by atoms with Gasteiger partial charge in [0.25, 0.3) is 5.91 Å². The van der Waals surface area contributed by atoms with Crippen LogP contribution < -0.4 is 11.1 Å². The highest BCUT2D eigenvalue weighted by Gasteiger charge is 2.24. The molecule has 1 aliphatic carbocycles. The summed E-state index contributed by atoms with van der Waals surface area (Å²) in [4.78, 5) is 17.6. The molecule has 1 saturated carbocycles. The Hall–Kier alpha value is -1.62. The maximum atomic E-state index is 11.9. The average Bonchev–Trinajstić information content (AvgIpc) is 2.47. The first kappa shape index (κ1) is 14.8. The summed E-state index contributed by atoms with van der Waals surface area (Å²) in [5, 5.41) is 3.53. The molecule has 1 heterocycles. The van der Waals surface area contributed by atoms with E-state index in [1.54, 1.807) is 20.3 Å². The van der Waals surface area contributed by atoms with Gasteiger partial charge in [0.1, 0.15) is 5.69 Å². The summed E-state index contributed by atoms with van der Waals surface area (Å²) in [6, 6.07) is 4.14. The smallest absolute Gasteiger partial charge is 0.272 e. The van der Waals surface area contributed by atoms with Gasteiger partial charge >= 0.3 is 0 Å². The highest BCUT2D eigenvalue weighted by atomic mass is 16.2. The molecule has 2 rings (SSSR count). The molecule has 2 unspecified atom stereocenters. The van der Waals surface area contributed by atoms with Crippen LogP contribution in [-0.2, 0) is 0 Å². The van der Waals surface area contributed by atoms with Gasteiger partial charge in [-0.1, -0.05) is 12.8 Å². The van der Waals surface area contributed by atoms with Crippen molar-refractivity contribution in [3.8, 4) is 0 Å². The fraction of sp³-hybridized carbons (Fsp3) is 0.600. The fourth-order valence-electron chi connectivity index (χ4n) is 2.76. The lowest BCUT2D eigenvalue weighted by molar-refractivity contribution is 0.0822. The minimum atomic E-state index is -0.0762.